The predicted octanol–water partition coefficient (Wildman–Crippen LogP) is 3.25. The third-order valence-corrected chi connectivity index (χ3v) is 2.47. The van der Waals surface area contributed by atoms with Crippen molar-refractivity contribution in [2.24, 2.45) is 0 Å². The Labute approximate surface area is 109 Å². The number of hydrogen-bond donors (Lipinski definition) is 1. The van der Waals surface area contributed by atoms with E-state index in [2.05, 4.69) is 20.0 Å². The second-order valence-corrected chi connectivity index (χ2v) is 3.90. The van der Waals surface area contributed by atoms with E-state index in [-0.39, 0.29) is 11.8 Å². The van der Waals surface area contributed by atoms with Gasteiger partial charge in [0.15, 0.2) is 0 Å². The van der Waals surface area contributed by atoms with Gasteiger partial charge in [0, 0.05) is 24.1 Å². The lowest BCUT2D eigenvalue weighted by Gasteiger charge is -2.15. The quantitative estimate of drug-likeness (QED) is 0.901. The molecule has 0 spiro atoms. The third kappa shape index (κ3) is 3.87. The first-order valence-electron chi connectivity index (χ1n) is 5.72. The Morgan fingerprint density at radius 2 is 2.11 bits per heavy atom. The molecule has 100 valence electrons. The number of anilines is 1. The van der Waals surface area contributed by atoms with Crippen LogP contribution in [0, 0.1) is 0 Å². The maximum atomic E-state index is 12.1. The molecule has 1 unspecified atom stereocenters. The summed E-state index contributed by atoms with van der Waals surface area (Å²) >= 11 is 0. The second kappa shape index (κ2) is 6.08. The SMILES string of the molecule is CC(Nc1cccc(OC(F)F)c1)c1cnccn1. The number of nitrogens with one attached hydrogen (secondary N) is 1. The zero-order valence-corrected chi connectivity index (χ0v) is 10.3. The molecule has 0 saturated heterocycles. The maximum Gasteiger partial charge on any atom is 0.387 e. The molecule has 1 heterocycles. The zero-order valence-electron chi connectivity index (χ0n) is 10.3. The normalized spacial score (nSPS) is 12.2. The van der Waals surface area contributed by atoms with Crippen LogP contribution >= 0.6 is 0 Å². The first-order valence-corrected chi connectivity index (χ1v) is 5.72. The van der Waals surface area contributed by atoms with E-state index in [1.54, 1.807) is 30.7 Å². The summed E-state index contributed by atoms with van der Waals surface area (Å²) in [5, 5.41) is 3.14. The van der Waals surface area contributed by atoms with Crippen molar-refractivity contribution in [3.63, 3.8) is 0 Å². The summed E-state index contributed by atoms with van der Waals surface area (Å²) in [6.45, 7) is -0.919. The summed E-state index contributed by atoms with van der Waals surface area (Å²) in [6, 6.07) is 6.31. The number of hydrogen-bond acceptors (Lipinski definition) is 4. The summed E-state index contributed by atoms with van der Waals surface area (Å²) in [7, 11) is 0. The molecule has 1 N–H and O–H groups in total. The van der Waals surface area contributed by atoms with Crippen LogP contribution < -0.4 is 10.1 Å². The lowest BCUT2D eigenvalue weighted by atomic mass is 10.2. The lowest BCUT2D eigenvalue weighted by molar-refractivity contribution is -0.0498. The van der Waals surface area contributed by atoms with Crippen molar-refractivity contribution in [3.8, 4) is 5.75 Å². The van der Waals surface area contributed by atoms with Crippen LogP contribution in [0.5, 0.6) is 5.75 Å². The average Bonchev–Trinajstić information content (AvgIpc) is 2.39. The Morgan fingerprint density at radius 1 is 1.26 bits per heavy atom. The molecule has 2 aromatic rings. The fourth-order valence-corrected chi connectivity index (χ4v) is 1.62. The van der Waals surface area contributed by atoms with Crippen molar-refractivity contribution in [1.82, 2.24) is 9.97 Å². The van der Waals surface area contributed by atoms with E-state index in [0.717, 1.165) is 5.69 Å². The molecule has 0 aliphatic rings. The molecule has 4 nitrogen and oxygen atoms in total. The molecule has 1 aromatic carbocycles. The van der Waals surface area contributed by atoms with Crippen molar-refractivity contribution in [3.05, 3.63) is 48.5 Å². The molecule has 0 radical (unpaired) electrons. The minimum Gasteiger partial charge on any atom is -0.435 e. The van der Waals surface area contributed by atoms with Crippen LogP contribution in [-0.2, 0) is 0 Å². The van der Waals surface area contributed by atoms with Gasteiger partial charge in [-0.15, -0.1) is 0 Å². The number of halogens is 2. The fraction of sp³-hybridized carbons (Fsp3) is 0.231. The van der Waals surface area contributed by atoms with E-state index in [9.17, 15) is 8.78 Å². The van der Waals surface area contributed by atoms with Crippen LogP contribution in [0.25, 0.3) is 0 Å². The van der Waals surface area contributed by atoms with Gasteiger partial charge in [0.1, 0.15) is 5.75 Å². The molecule has 2 rings (SSSR count). The van der Waals surface area contributed by atoms with Crippen molar-refractivity contribution >= 4 is 5.69 Å². The molecule has 19 heavy (non-hydrogen) atoms. The molecule has 0 fully saturated rings. The highest BCUT2D eigenvalue weighted by Gasteiger charge is 2.08. The Balaban J connectivity index is 2.06. The van der Waals surface area contributed by atoms with Crippen molar-refractivity contribution in [2.45, 2.75) is 19.6 Å². The molecule has 0 aliphatic carbocycles. The summed E-state index contributed by atoms with van der Waals surface area (Å²) in [4.78, 5) is 8.15. The van der Waals surface area contributed by atoms with Gasteiger partial charge in [-0.3, -0.25) is 9.97 Å². The number of nitrogens with zero attached hydrogens (tertiary/aromatic N) is 2. The number of aromatic nitrogens is 2. The Hall–Kier alpha value is -2.24. The van der Waals surface area contributed by atoms with Crippen LogP contribution in [0.2, 0.25) is 0 Å². The molecule has 1 atom stereocenters. The molecular formula is C13H13F2N3O. The number of alkyl halides is 2. The summed E-state index contributed by atoms with van der Waals surface area (Å²) in [5.74, 6) is 0.117. The first-order chi connectivity index (χ1) is 9.15. The van der Waals surface area contributed by atoms with Gasteiger partial charge in [-0.2, -0.15) is 8.78 Å². The van der Waals surface area contributed by atoms with E-state index in [4.69, 9.17) is 0 Å². The summed E-state index contributed by atoms with van der Waals surface area (Å²) < 4.78 is 28.6. The highest BCUT2D eigenvalue weighted by atomic mass is 19.3. The molecule has 1 aromatic heterocycles. The molecule has 0 saturated carbocycles. The number of ether oxygens (including phenoxy) is 1. The van der Waals surface area contributed by atoms with E-state index in [1.165, 1.54) is 12.1 Å². The van der Waals surface area contributed by atoms with E-state index < -0.39 is 6.61 Å². The van der Waals surface area contributed by atoms with E-state index in [1.807, 2.05) is 6.92 Å². The van der Waals surface area contributed by atoms with Gasteiger partial charge >= 0.3 is 6.61 Å². The summed E-state index contributed by atoms with van der Waals surface area (Å²) in [5.41, 5.74) is 1.44. The molecular weight excluding hydrogens is 252 g/mol. The van der Waals surface area contributed by atoms with E-state index >= 15 is 0 Å². The minimum absolute atomic E-state index is 0.0875. The number of rotatable bonds is 5. The van der Waals surface area contributed by atoms with Crippen LogP contribution in [-0.4, -0.2) is 16.6 Å². The minimum atomic E-state index is -2.83. The van der Waals surface area contributed by atoms with Gasteiger partial charge in [0.2, 0.25) is 0 Å². The van der Waals surface area contributed by atoms with Gasteiger partial charge in [0.25, 0.3) is 0 Å². The highest BCUT2D eigenvalue weighted by Crippen LogP contribution is 2.22. The zero-order chi connectivity index (χ0) is 13.7. The van der Waals surface area contributed by atoms with E-state index in [0.29, 0.717) is 5.69 Å². The van der Waals surface area contributed by atoms with Gasteiger partial charge in [0.05, 0.1) is 17.9 Å². The molecule has 0 aliphatic heterocycles. The van der Waals surface area contributed by atoms with Gasteiger partial charge in [-0.1, -0.05) is 6.07 Å². The van der Waals surface area contributed by atoms with Crippen molar-refractivity contribution in [1.29, 1.82) is 0 Å². The smallest absolute Gasteiger partial charge is 0.387 e. The fourth-order valence-electron chi connectivity index (χ4n) is 1.62. The van der Waals surface area contributed by atoms with Crippen LogP contribution in [0.15, 0.2) is 42.9 Å². The standard InChI is InChI=1S/C13H13F2N3O/c1-9(12-8-16-5-6-17-12)18-10-3-2-4-11(7-10)19-13(14)15/h2-9,13,18H,1H3. The largest absolute Gasteiger partial charge is 0.435 e. The monoisotopic (exact) mass is 265 g/mol. The van der Waals surface area contributed by atoms with Gasteiger partial charge in [-0.25, -0.2) is 0 Å². The second-order valence-electron chi connectivity index (χ2n) is 3.90. The Morgan fingerprint density at radius 3 is 2.79 bits per heavy atom. The Kier molecular flexibility index (Phi) is 4.22. The number of benzene rings is 1. The third-order valence-electron chi connectivity index (χ3n) is 2.47. The van der Waals surface area contributed by atoms with Crippen molar-refractivity contribution < 1.29 is 13.5 Å². The van der Waals surface area contributed by atoms with Crippen LogP contribution in [0.1, 0.15) is 18.7 Å². The molecule has 0 amide bonds. The van der Waals surface area contributed by atoms with Gasteiger partial charge in [-0.05, 0) is 19.1 Å². The van der Waals surface area contributed by atoms with Gasteiger partial charge < -0.3 is 10.1 Å². The topological polar surface area (TPSA) is 47.0 Å². The van der Waals surface area contributed by atoms with Crippen LogP contribution in [0.4, 0.5) is 14.5 Å². The summed E-state index contributed by atoms with van der Waals surface area (Å²) in [6.07, 6.45) is 4.84. The van der Waals surface area contributed by atoms with Crippen LogP contribution in [0.3, 0.4) is 0 Å². The van der Waals surface area contributed by atoms with Crippen molar-refractivity contribution in [2.75, 3.05) is 5.32 Å². The maximum absolute atomic E-state index is 12.1. The highest BCUT2D eigenvalue weighted by molar-refractivity contribution is 5.49. The predicted molar refractivity (Wildman–Crippen MR) is 67.1 cm³/mol. The Bertz CT molecular complexity index is 522. The lowest BCUT2D eigenvalue weighted by Crippen LogP contribution is -2.09. The average molecular weight is 265 g/mol. The molecule has 0 bridgehead atoms. The molecule has 6 heteroatoms. The first kappa shape index (κ1) is 13.2.